The van der Waals surface area contributed by atoms with E-state index >= 15 is 0 Å². The number of hydrogen-bond donors (Lipinski definition) is 1. The Morgan fingerprint density at radius 1 is 1.19 bits per heavy atom. The third kappa shape index (κ3) is 4.28. The predicted octanol–water partition coefficient (Wildman–Crippen LogP) is 4.61. The van der Waals surface area contributed by atoms with Crippen molar-refractivity contribution in [2.75, 3.05) is 0 Å². The van der Waals surface area contributed by atoms with Gasteiger partial charge in [0.25, 0.3) is 5.91 Å². The fraction of sp³-hybridized carbons (Fsp3) is 0.111. The number of alkyl halides is 3. The number of pyridine rings is 1. The van der Waals surface area contributed by atoms with E-state index in [9.17, 15) is 22.4 Å². The van der Waals surface area contributed by atoms with Crippen molar-refractivity contribution in [2.45, 2.75) is 12.7 Å². The van der Waals surface area contributed by atoms with Gasteiger partial charge in [-0.2, -0.15) is 13.2 Å². The Labute approximate surface area is 156 Å². The summed E-state index contributed by atoms with van der Waals surface area (Å²) >= 11 is 5.94. The topological polar surface area (TPSA) is 46.9 Å². The minimum atomic E-state index is -4.57. The highest BCUT2D eigenvalue weighted by atomic mass is 35.5. The van der Waals surface area contributed by atoms with Gasteiger partial charge < -0.3 is 5.32 Å². The third-order valence-corrected chi connectivity index (χ3v) is 4.00. The SMILES string of the molecule is O=C(NCc1ccc(F)cc1)c1cccn1-c1ncc(C(F)(F)F)cc1Cl. The van der Waals surface area contributed by atoms with E-state index in [1.165, 1.54) is 41.1 Å². The van der Waals surface area contributed by atoms with Gasteiger partial charge in [0.2, 0.25) is 0 Å². The average Bonchev–Trinajstić information content (AvgIpc) is 3.09. The summed E-state index contributed by atoms with van der Waals surface area (Å²) in [5.41, 5.74) is -0.148. The molecule has 0 radical (unpaired) electrons. The Morgan fingerprint density at radius 3 is 2.52 bits per heavy atom. The van der Waals surface area contributed by atoms with Crippen LogP contribution in [0.15, 0.2) is 54.9 Å². The number of nitrogens with one attached hydrogen (secondary N) is 1. The molecule has 3 aromatic rings. The molecule has 0 unspecified atom stereocenters. The van der Waals surface area contributed by atoms with Crippen LogP contribution < -0.4 is 5.32 Å². The molecule has 0 atom stereocenters. The molecule has 0 aliphatic heterocycles. The Bertz CT molecular complexity index is 967. The average molecular weight is 398 g/mol. The zero-order chi connectivity index (χ0) is 19.6. The van der Waals surface area contributed by atoms with Crippen LogP contribution in [0.2, 0.25) is 5.02 Å². The Kier molecular flexibility index (Phi) is 5.18. The largest absolute Gasteiger partial charge is 0.417 e. The zero-order valence-corrected chi connectivity index (χ0v) is 14.4. The summed E-state index contributed by atoms with van der Waals surface area (Å²) in [6.45, 7) is 0.151. The number of carbonyl (C=O) groups is 1. The fourth-order valence-electron chi connectivity index (χ4n) is 2.39. The summed E-state index contributed by atoms with van der Waals surface area (Å²) in [6.07, 6.45) is -2.45. The van der Waals surface area contributed by atoms with Crippen molar-refractivity contribution in [3.63, 3.8) is 0 Å². The van der Waals surface area contributed by atoms with Gasteiger partial charge in [-0.15, -0.1) is 0 Å². The molecule has 0 spiro atoms. The van der Waals surface area contributed by atoms with E-state index in [1.807, 2.05) is 0 Å². The quantitative estimate of drug-likeness (QED) is 0.653. The number of aromatic nitrogens is 2. The van der Waals surface area contributed by atoms with E-state index < -0.39 is 17.6 Å². The summed E-state index contributed by atoms with van der Waals surface area (Å²) in [5.74, 6) is -0.870. The van der Waals surface area contributed by atoms with Gasteiger partial charge in [0.15, 0.2) is 5.82 Å². The number of amides is 1. The van der Waals surface area contributed by atoms with E-state index in [2.05, 4.69) is 10.3 Å². The van der Waals surface area contributed by atoms with E-state index in [1.54, 1.807) is 6.07 Å². The van der Waals surface area contributed by atoms with Crippen LogP contribution in [0.3, 0.4) is 0 Å². The van der Waals surface area contributed by atoms with E-state index in [-0.39, 0.29) is 28.9 Å². The van der Waals surface area contributed by atoms with Gasteiger partial charge in [-0.3, -0.25) is 9.36 Å². The predicted molar refractivity (Wildman–Crippen MR) is 91.1 cm³/mol. The molecule has 0 saturated carbocycles. The first kappa shape index (κ1) is 18.9. The maximum atomic E-state index is 12.9. The first-order valence-corrected chi connectivity index (χ1v) is 8.06. The lowest BCUT2D eigenvalue weighted by molar-refractivity contribution is -0.137. The molecule has 2 aromatic heterocycles. The first-order chi connectivity index (χ1) is 12.8. The molecule has 0 saturated heterocycles. The van der Waals surface area contributed by atoms with Gasteiger partial charge in [-0.05, 0) is 35.9 Å². The second-order valence-corrected chi connectivity index (χ2v) is 6.01. The number of halogens is 5. The van der Waals surface area contributed by atoms with Gasteiger partial charge in [-0.1, -0.05) is 23.7 Å². The monoisotopic (exact) mass is 397 g/mol. The van der Waals surface area contributed by atoms with Gasteiger partial charge in [0.1, 0.15) is 11.5 Å². The molecule has 27 heavy (non-hydrogen) atoms. The molecular weight excluding hydrogens is 386 g/mol. The maximum absolute atomic E-state index is 12.9. The molecule has 0 bridgehead atoms. The molecule has 0 aliphatic carbocycles. The van der Waals surface area contributed by atoms with Crippen LogP contribution in [-0.2, 0) is 12.7 Å². The standard InChI is InChI=1S/C18H12ClF4N3O/c19-14-8-12(18(21,22)23)10-24-16(14)26-7-1-2-15(26)17(27)25-9-11-3-5-13(20)6-4-11/h1-8,10H,9H2,(H,25,27). The fourth-order valence-corrected chi connectivity index (χ4v) is 2.65. The van der Waals surface area contributed by atoms with Crippen LogP contribution in [0.4, 0.5) is 17.6 Å². The molecule has 0 aliphatic rings. The molecule has 1 amide bonds. The van der Waals surface area contributed by atoms with E-state index in [0.29, 0.717) is 11.8 Å². The molecule has 1 N–H and O–H groups in total. The first-order valence-electron chi connectivity index (χ1n) is 7.69. The van der Waals surface area contributed by atoms with Crippen LogP contribution in [-0.4, -0.2) is 15.5 Å². The highest BCUT2D eigenvalue weighted by Crippen LogP contribution is 2.32. The van der Waals surface area contributed by atoms with Gasteiger partial charge >= 0.3 is 6.18 Å². The zero-order valence-electron chi connectivity index (χ0n) is 13.6. The van der Waals surface area contributed by atoms with Crippen molar-refractivity contribution in [1.82, 2.24) is 14.9 Å². The van der Waals surface area contributed by atoms with Crippen molar-refractivity contribution in [2.24, 2.45) is 0 Å². The van der Waals surface area contributed by atoms with Crippen LogP contribution in [0.1, 0.15) is 21.6 Å². The summed E-state index contributed by atoms with van der Waals surface area (Å²) in [5, 5.41) is 2.41. The molecule has 9 heteroatoms. The van der Waals surface area contributed by atoms with Crippen LogP contribution >= 0.6 is 11.6 Å². The van der Waals surface area contributed by atoms with Gasteiger partial charge in [-0.25, -0.2) is 9.37 Å². The maximum Gasteiger partial charge on any atom is 0.417 e. The number of nitrogens with zero attached hydrogens (tertiary/aromatic N) is 2. The van der Waals surface area contributed by atoms with Crippen LogP contribution in [0, 0.1) is 5.82 Å². The lowest BCUT2D eigenvalue weighted by atomic mass is 10.2. The van der Waals surface area contributed by atoms with Crippen molar-refractivity contribution >= 4 is 17.5 Å². The highest BCUT2D eigenvalue weighted by molar-refractivity contribution is 6.32. The third-order valence-electron chi connectivity index (χ3n) is 3.73. The van der Waals surface area contributed by atoms with Gasteiger partial charge in [0, 0.05) is 18.9 Å². The molecule has 140 valence electrons. The van der Waals surface area contributed by atoms with Gasteiger partial charge in [0.05, 0.1) is 10.6 Å². The lowest BCUT2D eigenvalue weighted by Crippen LogP contribution is -2.25. The number of rotatable bonds is 4. The molecule has 0 fully saturated rings. The van der Waals surface area contributed by atoms with Crippen LogP contribution in [0.25, 0.3) is 5.82 Å². The Hall–Kier alpha value is -2.87. The van der Waals surface area contributed by atoms with Crippen molar-refractivity contribution in [3.05, 3.63) is 82.5 Å². The summed E-state index contributed by atoms with van der Waals surface area (Å²) in [6, 6.07) is 9.39. The Balaban J connectivity index is 1.81. The molecule has 1 aromatic carbocycles. The summed E-state index contributed by atoms with van der Waals surface area (Å²) < 4.78 is 52.4. The number of carbonyl (C=O) groups excluding carboxylic acids is 1. The van der Waals surface area contributed by atoms with Crippen molar-refractivity contribution in [1.29, 1.82) is 0 Å². The van der Waals surface area contributed by atoms with Crippen molar-refractivity contribution in [3.8, 4) is 5.82 Å². The number of benzene rings is 1. The molecule has 4 nitrogen and oxygen atoms in total. The molecule has 2 heterocycles. The second-order valence-electron chi connectivity index (χ2n) is 5.60. The highest BCUT2D eigenvalue weighted by Gasteiger charge is 2.32. The minimum Gasteiger partial charge on any atom is -0.347 e. The summed E-state index contributed by atoms with van der Waals surface area (Å²) in [4.78, 5) is 16.2. The number of hydrogen-bond acceptors (Lipinski definition) is 2. The lowest BCUT2D eigenvalue weighted by Gasteiger charge is -2.12. The normalized spacial score (nSPS) is 11.4. The molecular formula is C18H12ClF4N3O. The molecule has 3 rings (SSSR count). The van der Waals surface area contributed by atoms with Crippen molar-refractivity contribution < 1.29 is 22.4 Å². The van der Waals surface area contributed by atoms with E-state index in [0.717, 1.165) is 6.07 Å². The van der Waals surface area contributed by atoms with E-state index in [4.69, 9.17) is 11.6 Å². The minimum absolute atomic E-state index is 0.00148. The summed E-state index contributed by atoms with van der Waals surface area (Å²) in [7, 11) is 0. The Morgan fingerprint density at radius 2 is 1.89 bits per heavy atom. The smallest absolute Gasteiger partial charge is 0.347 e. The van der Waals surface area contributed by atoms with Crippen LogP contribution in [0.5, 0.6) is 0 Å². The second kappa shape index (κ2) is 7.40.